The van der Waals surface area contributed by atoms with Gasteiger partial charge in [-0.3, -0.25) is 4.90 Å². The largest absolute Gasteiger partial charge is 0.475 e. The summed E-state index contributed by atoms with van der Waals surface area (Å²) in [5, 5.41) is 8.81. The number of carboxylic acid groups (broad SMARTS) is 1. The van der Waals surface area contributed by atoms with E-state index in [1.54, 1.807) is 6.07 Å². The molecule has 94 valence electrons. The summed E-state index contributed by atoms with van der Waals surface area (Å²) in [5.74, 6) is -0.345. The van der Waals surface area contributed by atoms with Crippen LogP contribution in [0.5, 0.6) is 0 Å². The van der Waals surface area contributed by atoms with E-state index < -0.39 is 5.97 Å². The Labute approximate surface area is 100.0 Å². The molecule has 0 radical (unpaired) electrons. The Morgan fingerprint density at radius 3 is 2.94 bits per heavy atom. The summed E-state index contributed by atoms with van der Waals surface area (Å²) in [4.78, 5) is 13.0. The van der Waals surface area contributed by atoms with Crippen LogP contribution in [0, 0.1) is 0 Å². The maximum atomic E-state index is 10.8. The lowest BCUT2D eigenvalue weighted by atomic mass is 10.1. The van der Waals surface area contributed by atoms with Crippen LogP contribution in [0.4, 0.5) is 0 Å². The number of carbonyl (C=O) groups is 1. The number of morpholine rings is 1. The summed E-state index contributed by atoms with van der Waals surface area (Å²) < 4.78 is 10.7. The summed E-state index contributed by atoms with van der Waals surface area (Å²) in [6.45, 7) is 6.37. The van der Waals surface area contributed by atoms with Crippen LogP contribution in [-0.4, -0.2) is 41.8 Å². The van der Waals surface area contributed by atoms with Gasteiger partial charge in [-0.2, -0.15) is 0 Å². The second kappa shape index (κ2) is 4.89. The minimum absolute atomic E-state index is 0.00670. The molecule has 0 aromatic carbocycles. The molecule has 2 atom stereocenters. The van der Waals surface area contributed by atoms with Crippen LogP contribution >= 0.6 is 0 Å². The average molecular weight is 239 g/mol. The number of hydrogen-bond donors (Lipinski definition) is 1. The summed E-state index contributed by atoms with van der Waals surface area (Å²) in [5.41, 5.74) is 0. The third-order valence-electron chi connectivity index (χ3n) is 3.17. The van der Waals surface area contributed by atoms with E-state index in [2.05, 4.69) is 11.8 Å². The van der Waals surface area contributed by atoms with Crippen molar-refractivity contribution in [2.75, 3.05) is 19.8 Å². The highest BCUT2D eigenvalue weighted by Crippen LogP contribution is 2.25. The first kappa shape index (κ1) is 12.1. The van der Waals surface area contributed by atoms with E-state index in [1.807, 2.05) is 6.92 Å². The smallest absolute Gasteiger partial charge is 0.371 e. The number of hydrogen-bond acceptors (Lipinski definition) is 4. The molecule has 1 aliphatic rings. The van der Waals surface area contributed by atoms with E-state index in [1.165, 1.54) is 6.07 Å². The van der Waals surface area contributed by atoms with Gasteiger partial charge < -0.3 is 14.3 Å². The normalized spacial score (nSPS) is 23.5. The second-order valence-corrected chi connectivity index (χ2v) is 4.34. The Balaban J connectivity index is 2.12. The molecule has 0 spiro atoms. The standard InChI is InChI=1S/C12H17NO4/c1-8-7-16-6-5-13(8)9(2)10-3-4-11(17-10)12(14)15/h3-4,8-9H,5-7H2,1-2H3,(H,14,15). The van der Waals surface area contributed by atoms with Crippen molar-refractivity contribution in [3.8, 4) is 0 Å². The highest BCUT2D eigenvalue weighted by Gasteiger charge is 2.27. The molecule has 5 heteroatoms. The van der Waals surface area contributed by atoms with Crippen molar-refractivity contribution in [3.05, 3.63) is 23.7 Å². The Hall–Kier alpha value is -1.33. The molecular weight excluding hydrogens is 222 g/mol. The fourth-order valence-electron chi connectivity index (χ4n) is 2.17. The molecule has 17 heavy (non-hydrogen) atoms. The number of ether oxygens (including phenoxy) is 1. The van der Waals surface area contributed by atoms with Crippen molar-refractivity contribution in [1.82, 2.24) is 4.90 Å². The maximum Gasteiger partial charge on any atom is 0.371 e. The van der Waals surface area contributed by atoms with Crippen molar-refractivity contribution in [3.63, 3.8) is 0 Å². The SMILES string of the molecule is CC1COCCN1C(C)c1ccc(C(=O)O)o1. The molecule has 2 rings (SSSR count). The number of carboxylic acids is 1. The van der Waals surface area contributed by atoms with Gasteiger partial charge in [0.05, 0.1) is 19.3 Å². The fraction of sp³-hybridized carbons (Fsp3) is 0.583. The first-order chi connectivity index (χ1) is 8.09. The molecule has 0 bridgehead atoms. The molecule has 1 fully saturated rings. The van der Waals surface area contributed by atoms with Crippen molar-refractivity contribution >= 4 is 5.97 Å². The topological polar surface area (TPSA) is 62.9 Å². The lowest BCUT2D eigenvalue weighted by molar-refractivity contribution is -0.0230. The van der Waals surface area contributed by atoms with Crippen LogP contribution < -0.4 is 0 Å². The van der Waals surface area contributed by atoms with Crippen molar-refractivity contribution in [2.45, 2.75) is 25.9 Å². The maximum absolute atomic E-state index is 10.8. The van der Waals surface area contributed by atoms with Gasteiger partial charge in [0.25, 0.3) is 0 Å². The molecule has 0 saturated carbocycles. The average Bonchev–Trinajstić information content (AvgIpc) is 2.78. The van der Waals surface area contributed by atoms with Gasteiger partial charge in [0.1, 0.15) is 5.76 Å². The minimum atomic E-state index is -1.03. The van der Waals surface area contributed by atoms with E-state index >= 15 is 0 Å². The Morgan fingerprint density at radius 1 is 1.59 bits per heavy atom. The predicted molar refractivity (Wildman–Crippen MR) is 61.1 cm³/mol. The lowest BCUT2D eigenvalue weighted by Gasteiger charge is -2.36. The van der Waals surface area contributed by atoms with Gasteiger partial charge in [-0.25, -0.2) is 4.79 Å². The van der Waals surface area contributed by atoms with Crippen LogP contribution in [0.1, 0.15) is 36.2 Å². The summed E-state index contributed by atoms with van der Waals surface area (Å²) in [6, 6.07) is 3.62. The van der Waals surface area contributed by atoms with E-state index in [-0.39, 0.29) is 11.8 Å². The first-order valence-corrected chi connectivity index (χ1v) is 5.76. The van der Waals surface area contributed by atoms with Crippen molar-refractivity contribution < 1.29 is 19.1 Å². The van der Waals surface area contributed by atoms with Gasteiger partial charge in [-0.15, -0.1) is 0 Å². The molecule has 2 unspecified atom stereocenters. The zero-order valence-electron chi connectivity index (χ0n) is 10.0. The minimum Gasteiger partial charge on any atom is -0.475 e. The molecule has 1 N–H and O–H groups in total. The highest BCUT2D eigenvalue weighted by molar-refractivity contribution is 5.84. The molecule has 0 aliphatic carbocycles. The third-order valence-corrected chi connectivity index (χ3v) is 3.17. The van der Waals surface area contributed by atoms with Crippen molar-refractivity contribution in [2.24, 2.45) is 0 Å². The van der Waals surface area contributed by atoms with Crippen LogP contribution in [0.25, 0.3) is 0 Å². The van der Waals surface area contributed by atoms with Gasteiger partial charge in [0.15, 0.2) is 0 Å². The van der Waals surface area contributed by atoms with E-state index in [4.69, 9.17) is 14.3 Å². The summed E-state index contributed by atoms with van der Waals surface area (Å²) in [6.07, 6.45) is 0. The monoisotopic (exact) mass is 239 g/mol. The van der Waals surface area contributed by atoms with Gasteiger partial charge in [0.2, 0.25) is 5.76 Å². The molecule has 0 amide bonds. The van der Waals surface area contributed by atoms with E-state index in [0.29, 0.717) is 25.0 Å². The fourth-order valence-corrected chi connectivity index (χ4v) is 2.17. The van der Waals surface area contributed by atoms with Crippen molar-refractivity contribution in [1.29, 1.82) is 0 Å². The number of nitrogens with zero attached hydrogens (tertiary/aromatic N) is 1. The van der Waals surface area contributed by atoms with Gasteiger partial charge in [-0.1, -0.05) is 0 Å². The first-order valence-electron chi connectivity index (χ1n) is 5.76. The molecule has 1 aromatic rings. The van der Waals surface area contributed by atoms with Crippen LogP contribution in [0.15, 0.2) is 16.5 Å². The summed E-state index contributed by atoms with van der Waals surface area (Å²) in [7, 11) is 0. The van der Waals surface area contributed by atoms with Crippen LogP contribution in [0.2, 0.25) is 0 Å². The van der Waals surface area contributed by atoms with Gasteiger partial charge >= 0.3 is 5.97 Å². The Bertz CT molecular complexity index is 401. The number of aromatic carboxylic acids is 1. The second-order valence-electron chi connectivity index (χ2n) is 4.34. The quantitative estimate of drug-likeness (QED) is 0.870. The predicted octanol–water partition coefficient (Wildman–Crippen LogP) is 1.76. The highest BCUT2D eigenvalue weighted by atomic mass is 16.5. The molecular formula is C12H17NO4. The lowest BCUT2D eigenvalue weighted by Crippen LogP contribution is -2.44. The van der Waals surface area contributed by atoms with Crippen LogP contribution in [-0.2, 0) is 4.74 Å². The summed E-state index contributed by atoms with van der Waals surface area (Å²) >= 11 is 0. The number of rotatable bonds is 3. The third kappa shape index (κ3) is 2.50. The Morgan fingerprint density at radius 2 is 2.35 bits per heavy atom. The zero-order chi connectivity index (χ0) is 12.4. The van der Waals surface area contributed by atoms with Gasteiger partial charge in [-0.05, 0) is 26.0 Å². The van der Waals surface area contributed by atoms with Gasteiger partial charge in [0, 0.05) is 12.6 Å². The van der Waals surface area contributed by atoms with E-state index in [9.17, 15) is 4.79 Å². The molecule has 5 nitrogen and oxygen atoms in total. The zero-order valence-corrected chi connectivity index (χ0v) is 10.0. The molecule has 2 heterocycles. The van der Waals surface area contributed by atoms with Crippen LogP contribution in [0.3, 0.4) is 0 Å². The molecule has 1 aromatic heterocycles. The van der Waals surface area contributed by atoms with E-state index in [0.717, 1.165) is 6.54 Å². The Kier molecular flexibility index (Phi) is 3.49. The molecule has 1 saturated heterocycles. The molecule has 1 aliphatic heterocycles. The number of furan rings is 1.